The van der Waals surface area contributed by atoms with E-state index < -0.39 is 0 Å². The monoisotopic (exact) mass is 419 g/mol. The van der Waals surface area contributed by atoms with E-state index in [9.17, 15) is 5.11 Å². The fourth-order valence-corrected chi connectivity index (χ4v) is 2.60. The Bertz CT molecular complexity index is 488. The number of nitrogens with one attached hydrogen (secondary N) is 1. The number of aryl methyl sites for hydroxylation is 1. The summed E-state index contributed by atoms with van der Waals surface area (Å²) in [5.74, 6) is 0.410. The van der Waals surface area contributed by atoms with Crippen molar-refractivity contribution in [2.24, 2.45) is 16.1 Å². The second-order valence-corrected chi connectivity index (χ2v) is 5.66. The third-order valence-corrected chi connectivity index (χ3v) is 4.02. The first kappa shape index (κ1) is 19.2. The van der Waals surface area contributed by atoms with E-state index >= 15 is 0 Å². The van der Waals surface area contributed by atoms with Gasteiger partial charge in [-0.3, -0.25) is 4.99 Å². The van der Waals surface area contributed by atoms with E-state index in [1.165, 1.54) is 5.56 Å². The Morgan fingerprint density at radius 1 is 1.50 bits per heavy atom. The summed E-state index contributed by atoms with van der Waals surface area (Å²) >= 11 is 0. The number of rotatable bonds is 6. The summed E-state index contributed by atoms with van der Waals surface area (Å²) in [6.45, 7) is 4.25. The summed E-state index contributed by atoms with van der Waals surface area (Å²) in [5, 5.41) is 12.3. The van der Waals surface area contributed by atoms with Gasteiger partial charge in [-0.15, -0.1) is 24.0 Å². The van der Waals surface area contributed by atoms with Crippen LogP contribution in [-0.2, 0) is 11.2 Å². The predicted molar refractivity (Wildman–Crippen MR) is 101 cm³/mol. The van der Waals surface area contributed by atoms with Gasteiger partial charge in [-0.25, -0.2) is 0 Å². The van der Waals surface area contributed by atoms with E-state index in [0.717, 1.165) is 25.1 Å². The van der Waals surface area contributed by atoms with Crippen molar-refractivity contribution in [3.05, 3.63) is 29.8 Å². The van der Waals surface area contributed by atoms with E-state index in [1.54, 1.807) is 0 Å². The predicted octanol–water partition coefficient (Wildman–Crippen LogP) is 2.38. The molecule has 0 radical (unpaired) electrons. The zero-order valence-electron chi connectivity index (χ0n) is 13.0. The minimum Gasteiger partial charge on any atom is -0.396 e. The van der Waals surface area contributed by atoms with Crippen LogP contribution in [-0.4, -0.2) is 37.4 Å². The van der Waals surface area contributed by atoms with E-state index in [2.05, 4.69) is 29.4 Å². The molecule has 1 fully saturated rings. The number of aliphatic hydroxyl groups excluding tert-OH is 1. The van der Waals surface area contributed by atoms with Gasteiger partial charge in [0.1, 0.15) is 0 Å². The molecule has 1 saturated heterocycles. The number of hydrogen-bond donors (Lipinski definition) is 3. The largest absolute Gasteiger partial charge is 0.396 e. The van der Waals surface area contributed by atoms with E-state index in [1.807, 2.05) is 12.1 Å². The summed E-state index contributed by atoms with van der Waals surface area (Å²) in [4.78, 5) is 4.44. The van der Waals surface area contributed by atoms with Crippen molar-refractivity contribution in [2.45, 2.75) is 26.2 Å². The molecule has 124 valence electrons. The second kappa shape index (κ2) is 9.32. The molecule has 1 unspecified atom stereocenters. The smallest absolute Gasteiger partial charge is 0.193 e. The van der Waals surface area contributed by atoms with Crippen LogP contribution in [0.3, 0.4) is 0 Å². The van der Waals surface area contributed by atoms with Crippen molar-refractivity contribution in [1.29, 1.82) is 0 Å². The van der Waals surface area contributed by atoms with Gasteiger partial charge in [-0.2, -0.15) is 0 Å². The van der Waals surface area contributed by atoms with Gasteiger partial charge in [0.2, 0.25) is 0 Å². The van der Waals surface area contributed by atoms with E-state index in [0.29, 0.717) is 25.5 Å². The van der Waals surface area contributed by atoms with Gasteiger partial charge in [0, 0.05) is 24.3 Å². The van der Waals surface area contributed by atoms with Crippen LogP contribution in [0.2, 0.25) is 0 Å². The van der Waals surface area contributed by atoms with Gasteiger partial charge in [-0.1, -0.05) is 19.1 Å². The number of ether oxygens (including phenoxy) is 1. The maximum atomic E-state index is 9.20. The first-order chi connectivity index (χ1) is 10.2. The molecule has 0 saturated carbocycles. The minimum atomic E-state index is -0.0632. The van der Waals surface area contributed by atoms with Crippen LogP contribution in [0, 0.1) is 5.41 Å². The minimum absolute atomic E-state index is 0. The Balaban J connectivity index is 0.00000242. The molecule has 22 heavy (non-hydrogen) atoms. The summed E-state index contributed by atoms with van der Waals surface area (Å²) in [6, 6.07) is 8.14. The lowest BCUT2D eigenvalue weighted by molar-refractivity contribution is 0.131. The number of nitrogens with two attached hydrogens (primary N) is 1. The molecule has 2 rings (SSSR count). The number of guanidine groups is 1. The van der Waals surface area contributed by atoms with Crippen LogP contribution in [0.1, 0.15) is 25.3 Å². The van der Waals surface area contributed by atoms with Crippen molar-refractivity contribution in [3.8, 4) is 0 Å². The molecule has 1 heterocycles. The van der Waals surface area contributed by atoms with E-state index in [-0.39, 0.29) is 36.0 Å². The Labute approximate surface area is 149 Å². The molecule has 1 aromatic rings. The average molecular weight is 419 g/mol. The molecule has 0 aromatic heterocycles. The maximum Gasteiger partial charge on any atom is 0.193 e. The Morgan fingerprint density at radius 3 is 2.95 bits per heavy atom. The molecule has 0 bridgehead atoms. The lowest BCUT2D eigenvalue weighted by Gasteiger charge is -2.24. The SMILES string of the molecule is CCc1cccc(NC(N)=NCC2(CCO)CCOC2)c1.I. The van der Waals surface area contributed by atoms with E-state index in [4.69, 9.17) is 10.5 Å². The van der Waals surface area contributed by atoms with Crippen LogP contribution in [0.25, 0.3) is 0 Å². The fraction of sp³-hybridized carbons (Fsp3) is 0.562. The summed E-state index contributed by atoms with van der Waals surface area (Å²) in [5.41, 5.74) is 8.11. The number of aliphatic hydroxyl groups is 1. The Morgan fingerprint density at radius 2 is 2.32 bits per heavy atom. The van der Waals surface area contributed by atoms with Gasteiger partial charge in [0.05, 0.1) is 13.2 Å². The Kier molecular flexibility index (Phi) is 8.13. The maximum absolute atomic E-state index is 9.20. The molecule has 1 aromatic carbocycles. The number of nitrogens with zero attached hydrogens (tertiary/aromatic N) is 1. The molecule has 1 aliphatic rings. The highest BCUT2D eigenvalue weighted by atomic mass is 127. The van der Waals surface area contributed by atoms with Crippen LogP contribution in [0.4, 0.5) is 5.69 Å². The highest BCUT2D eigenvalue weighted by Gasteiger charge is 2.34. The van der Waals surface area contributed by atoms with Gasteiger partial charge in [0.15, 0.2) is 5.96 Å². The van der Waals surface area contributed by atoms with Crippen molar-refractivity contribution >= 4 is 35.6 Å². The quantitative estimate of drug-likeness (QED) is 0.376. The van der Waals surface area contributed by atoms with Gasteiger partial charge in [-0.05, 0) is 37.0 Å². The van der Waals surface area contributed by atoms with Crippen molar-refractivity contribution < 1.29 is 9.84 Å². The molecular formula is C16H26IN3O2. The molecule has 5 nitrogen and oxygen atoms in total. The van der Waals surface area contributed by atoms with Crippen LogP contribution >= 0.6 is 24.0 Å². The molecule has 1 atom stereocenters. The third-order valence-electron chi connectivity index (χ3n) is 4.02. The van der Waals surface area contributed by atoms with Crippen LogP contribution in [0.5, 0.6) is 0 Å². The topological polar surface area (TPSA) is 79.9 Å². The molecule has 6 heteroatoms. The second-order valence-electron chi connectivity index (χ2n) is 5.66. The molecular weight excluding hydrogens is 393 g/mol. The lowest BCUT2D eigenvalue weighted by Crippen LogP contribution is -2.30. The Hall–Kier alpha value is -0.860. The zero-order valence-corrected chi connectivity index (χ0v) is 15.4. The molecule has 0 spiro atoms. The van der Waals surface area contributed by atoms with Crippen molar-refractivity contribution in [2.75, 3.05) is 31.7 Å². The number of hydrogen-bond acceptors (Lipinski definition) is 3. The molecule has 0 amide bonds. The normalized spacial score (nSPS) is 21.5. The average Bonchev–Trinajstić information content (AvgIpc) is 2.95. The molecule has 0 aliphatic carbocycles. The zero-order chi connectivity index (χ0) is 15.1. The van der Waals surface area contributed by atoms with Gasteiger partial charge >= 0.3 is 0 Å². The molecule has 4 N–H and O–H groups in total. The van der Waals surface area contributed by atoms with Gasteiger partial charge in [0.25, 0.3) is 0 Å². The van der Waals surface area contributed by atoms with Gasteiger partial charge < -0.3 is 20.9 Å². The van der Waals surface area contributed by atoms with Crippen LogP contribution < -0.4 is 11.1 Å². The highest BCUT2D eigenvalue weighted by molar-refractivity contribution is 14.0. The summed E-state index contributed by atoms with van der Waals surface area (Å²) < 4.78 is 5.45. The fourth-order valence-electron chi connectivity index (χ4n) is 2.60. The van der Waals surface area contributed by atoms with Crippen molar-refractivity contribution in [1.82, 2.24) is 0 Å². The van der Waals surface area contributed by atoms with Crippen LogP contribution in [0.15, 0.2) is 29.3 Å². The highest BCUT2D eigenvalue weighted by Crippen LogP contribution is 2.32. The number of benzene rings is 1. The van der Waals surface area contributed by atoms with Crippen molar-refractivity contribution in [3.63, 3.8) is 0 Å². The first-order valence-corrected chi connectivity index (χ1v) is 7.52. The number of halogens is 1. The number of aliphatic imine (C=N–C) groups is 1. The lowest BCUT2D eigenvalue weighted by atomic mass is 9.84. The first-order valence-electron chi connectivity index (χ1n) is 7.52. The molecule has 1 aliphatic heterocycles. The summed E-state index contributed by atoms with van der Waals surface area (Å²) in [7, 11) is 0. The third kappa shape index (κ3) is 5.40. The standard InChI is InChI=1S/C16H25N3O2.HI/c1-2-13-4-3-5-14(10-13)19-15(17)18-11-16(6-8-20)7-9-21-12-16;/h3-5,10,20H,2,6-9,11-12H2,1H3,(H3,17,18,19);1H. The number of anilines is 1. The summed E-state index contributed by atoms with van der Waals surface area (Å²) in [6.07, 6.45) is 2.62.